The van der Waals surface area contributed by atoms with Crippen LogP contribution in [-0.2, 0) is 19.1 Å². The van der Waals surface area contributed by atoms with Crippen molar-refractivity contribution in [1.82, 2.24) is 0 Å². The standard InChI is InChI=1S/C54H76O10/c1-9-13-17-21-25-57-47-33-41-42(34-48(47)58-26-22-18-14-10-2)45-37-51(61-29-31-63-53(55)39(5)6)50(60-28-24-20-16-12-4)36-44(45)46-38-52(62-30-32-64-54(56)40(7)8)49(35-43(41)46)59-27-23-19-15-11-3/h33-38H,5,7,9-32H2,1-4,6,8H3. The molecule has 4 aromatic rings. The number of fused-ring (bicyclic) bond motifs is 6. The van der Waals surface area contributed by atoms with E-state index in [1.165, 1.54) is 0 Å². The third kappa shape index (κ3) is 16.1. The summed E-state index contributed by atoms with van der Waals surface area (Å²) < 4.78 is 49.8. The highest BCUT2D eigenvalue weighted by molar-refractivity contribution is 6.26. The summed E-state index contributed by atoms with van der Waals surface area (Å²) in [7, 11) is 0. The van der Waals surface area contributed by atoms with Crippen LogP contribution in [0.1, 0.15) is 144 Å². The first-order chi connectivity index (χ1) is 31.1. The Morgan fingerprint density at radius 1 is 0.344 bits per heavy atom. The van der Waals surface area contributed by atoms with E-state index in [-0.39, 0.29) is 26.4 Å². The Morgan fingerprint density at radius 2 is 0.562 bits per heavy atom. The number of ether oxygens (including phenoxy) is 8. The van der Waals surface area contributed by atoms with Crippen LogP contribution >= 0.6 is 0 Å². The van der Waals surface area contributed by atoms with Crippen molar-refractivity contribution < 1.29 is 47.5 Å². The molecule has 0 aliphatic carbocycles. The maximum atomic E-state index is 12.2. The summed E-state index contributed by atoms with van der Waals surface area (Å²) in [5, 5.41) is 5.60. The van der Waals surface area contributed by atoms with E-state index in [4.69, 9.17) is 37.9 Å². The monoisotopic (exact) mass is 885 g/mol. The lowest BCUT2D eigenvalue weighted by Gasteiger charge is -2.21. The first-order valence-electron chi connectivity index (χ1n) is 24.1. The Hall–Kier alpha value is -5.12. The number of carbonyl (C=O) groups excluding carboxylic acids is 2. The van der Waals surface area contributed by atoms with Crippen molar-refractivity contribution in [2.24, 2.45) is 0 Å². The normalized spacial score (nSPS) is 11.2. The Kier molecular flexibility index (Phi) is 23.0. The lowest BCUT2D eigenvalue weighted by atomic mass is 9.93. The van der Waals surface area contributed by atoms with E-state index in [0.717, 1.165) is 135 Å². The molecule has 0 fully saturated rings. The third-order valence-electron chi connectivity index (χ3n) is 11.0. The number of hydrogen-bond donors (Lipinski definition) is 0. The quantitative estimate of drug-likeness (QED) is 0.0195. The summed E-state index contributed by atoms with van der Waals surface area (Å²) in [4.78, 5) is 24.4. The minimum atomic E-state index is -0.464. The summed E-state index contributed by atoms with van der Waals surface area (Å²) in [5.41, 5.74) is 0.656. The van der Waals surface area contributed by atoms with Gasteiger partial charge in [-0.3, -0.25) is 0 Å². The van der Waals surface area contributed by atoms with E-state index in [9.17, 15) is 9.59 Å². The van der Waals surface area contributed by atoms with E-state index in [1.807, 2.05) is 18.2 Å². The van der Waals surface area contributed by atoms with Crippen molar-refractivity contribution >= 4 is 44.3 Å². The van der Waals surface area contributed by atoms with Crippen LogP contribution in [0, 0.1) is 0 Å². The van der Waals surface area contributed by atoms with Gasteiger partial charge in [0, 0.05) is 11.1 Å². The zero-order valence-electron chi connectivity index (χ0n) is 39.9. The van der Waals surface area contributed by atoms with E-state index < -0.39 is 11.9 Å². The average molecular weight is 885 g/mol. The molecule has 0 amide bonds. The summed E-state index contributed by atoms with van der Waals surface area (Å²) in [6.07, 6.45) is 17.1. The molecule has 0 spiro atoms. The van der Waals surface area contributed by atoms with Gasteiger partial charge in [-0.1, -0.05) is 118 Å². The number of unbranched alkanes of at least 4 members (excludes halogenated alkanes) is 12. The SMILES string of the molecule is C=C(C)C(=O)OCCOc1cc2c3cc(OCCCCCC)c(OCCCCCC)cc3c3cc(OCCCCCC)c(OCCOC(=O)C(=C)C)cc3c2cc1OCCCCCC. The maximum Gasteiger partial charge on any atom is 0.333 e. The van der Waals surface area contributed by atoms with Crippen LogP contribution in [0.4, 0.5) is 0 Å². The van der Waals surface area contributed by atoms with Gasteiger partial charge >= 0.3 is 11.9 Å². The highest BCUT2D eigenvalue weighted by atomic mass is 16.6. The van der Waals surface area contributed by atoms with Crippen LogP contribution in [0.15, 0.2) is 60.7 Å². The minimum absolute atomic E-state index is 0.0523. The predicted molar refractivity (Wildman–Crippen MR) is 260 cm³/mol. The zero-order valence-corrected chi connectivity index (χ0v) is 39.9. The second-order valence-electron chi connectivity index (χ2n) is 16.7. The minimum Gasteiger partial charge on any atom is -0.490 e. The highest BCUT2D eigenvalue weighted by Crippen LogP contribution is 2.47. The second-order valence-corrected chi connectivity index (χ2v) is 16.7. The number of benzene rings is 4. The molecule has 0 saturated carbocycles. The summed E-state index contributed by atoms with van der Waals surface area (Å²) in [6, 6.07) is 12.4. The van der Waals surface area contributed by atoms with Crippen LogP contribution in [0.5, 0.6) is 34.5 Å². The molecule has 10 heteroatoms. The molecule has 0 atom stereocenters. The van der Waals surface area contributed by atoms with Gasteiger partial charge in [0.1, 0.15) is 26.4 Å². The van der Waals surface area contributed by atoms with Gasteiger partial charge in [0.2, 0.25) is 0 Å². The summed E-state index contributed by atoms with van der Waals surface area (Å²) in [5.74, 6) is 2.73. The van der Waals surface area contributed by atoms with Gasteiger partial charge in [-0.05, 0) is 108 Å². The molecule has 10 nitrogen and oxygen atoms in total. The molecular weight excluding hydrogens is 809 g/mol. The van der Waals surface area contributed by atoms with E-state index in [1.54, 1.807) is 13.8 Å². The highest BCUT2D eigenvalue weighted by Gasteiger charge is 2.21. The van der Waals surface area contributed by atoms with Crippen molar-refractivity contribution in [2.45, 2.75) is 144 Å². The summed E-state index contributed by atoms with van der Waals surface area (Å²) in [6.45, 7) is 22.0. The predicted octanol–water partition coefficient (Wildman–Crippen LogP) is 14.0. The van der Waals surface area contributed by atoms with Crippen LogP contribution in [-0.4, -0.2) is 64.8 Å². The lowest BCUT2D eigenvalue weighted by Crippen LogP contribution is -2.13. The molecule has 64 heavy (non-hydrogen) atoms. The first kappa shape index (κ1) is 51.5. The first-order valence-corrected chi connectivity index (χ1v) is 24.1. The van der Waals surface area contributed by atoms with Crippen molar-refractivity contribution in [3.63, 3.8) is 0 Å². The molecular formula is C54H76O10. The summed E-state index contributed by atoms with van der Waals surface area (Å²) >= 11 is 0. The Balaban J connectivity index is 1.97. The van der Waals surface area contributed by atoms with Crippen LogP contribution in [0.3, 0.4) is 0 Å². The van der Waals surface area contributed by atoms with Crippen molar-refractivity contribution in [3.8, 4) is 34.5 Å². The van der Waals surface area contributed by atoms with Gasteiger partial charge in [0.15, 0.2) is 34.5 Å². The molecule has 4 rings (SSSR count). The maximum absolute atomic E-state index is 12.2. The topological polar surface area (TPSA) is 108 Å². The molecule has 0 saturated heterocycles. The molecule has 0 aromatic heterocycles. The Morgan fingerprint density at radius 3 is 0.766 bits per heavy atom. The third-order valence-corrected chi connectivity index (χ3v) is 11.0. The van der Waals surface area contributed by atoms with Gasteiger partial charge in [-0.2, -0.15) is 0 Å². The van der Waals surface area contributed by atoms with E-state index >= 15 is 0 Å². The van der Waals surface area contributed by atoms with Crippen molar-refractivity contribution in [3.05, 3.63) is 60.7 Å². The molecule has 4 aromatic carbocycles. The number of hydrogen-bond acceptors (Lipinski definition) is 10. The fourth-order valence-corrected chi connectivity index (χ4v) is 7.36. The largest absolute Gasteiger partial charge is 0.490 e. The molecule has 0 aliphatic heterocycles. The van der Waals surface area contributed by atoms with E-state index in [2.05, 4.69) is 59.1 Å². The fourth-order valence-electron chi connectivity index (χ4n) is 7.36. The number of carbonyl (C=O) groups is 2. The molecule has 0 bridgehead atoms. The van der Waals surface area contributed by atoms with Crippen molar-refractivity contribution in [2.75, 3.05) is 52.9 Å². The molecule has 352 valence electrons. The Labute approximate surface area is 382 Å². The van der Waals surface area contributed by atoms with Gasteiger partial charge in [0.25, 0.3) is 0 Å². The smallest absolute Gasteiger partial charge is 0.333 e. The fraction of sp³-hybridized carbons (Fsp3) is 0.556. The molecule has 0 aliphatic rings. The van der Waals surface area contributed by atoms with Gasteiger partial charge in [-0.25, -0.2) is 9.59 Å². The van der Waals surface area contributed by atoms with Crippen LogP contribution < -0.4 is 28.4 Å². The van der Waals surface area contributed by atoms with Crippen LogP contribution in [0.2, 0.25) is 0 Å². The average Bonchev–Trinajstić information content (AvgIpc) is 3.28. The van der Waals surface area contributed by atoms with Gasteiger partial charge in [-0.15, -0.1) is 0 Å². The van der Waals surface area contributed by atoms with E-state index in [0.29, 0.717) is 72.1 Å². The molecule has 0 unspecified atom stereocenters. The Bertz CT molecular complexity index is 2030. The van der Waals surface area contributed by atoms with Crippen LogP contribution in [0.25, 0.3) is 32.3 Å². The number of esters is 2. The second kappa shape index (κ2) is 28.6. The molecule has 0 heterocycles. The lowest BCUT2D eigenvalue weighted by molar-refractivity contribution is -0.140. The zero-order chi connectivity index (χ0) is 46.1. The number of rotatable bonds is 34. The molecule has 0 N–H and O–H groups in total. The van der Waals surface area contributed by atoms with Gasteiger partial charge < -0.3 is 37.9 Å². The molecule has 0 radical (unpaired) electrons. The van der Waals surface area contributed by atoms with Gasteiger partial charge in [0.05, 0.1) is 26.4 Å². The van der Waals surface area contributed by atoms with Crippen molar-refractivity contribution in [1.29, 1.82) is 0 Å².